The molecule has 2 heterocycles. The number of aromatic amines is 1. The van der Waals surface area contributed by atoms with Crippen molar-refractivity contribution < 1.29 is 0 Å². The zero-order chi connectivity index (χ0) is 24.9. The number of hydrogen-bond donors (Lipinski definition) is 1. The van der Waals surface area contributed by atoms with Crippen molar-refractivity contribution in [1.29, 1.82) is 0 Å². The highest BCUT2D eigenvalue weighted by molar-refractivity contribution is 5.56. The van der Waals surface area contributed by atoms with E-state index in [0.717, 1.165) is 50.4 Å². The van der Waals surface area contributed by atoms with Gasteiger partial charge >= 0.3 is 0 Å². The summed E-state index contributed by atoms with van der Waals surface area (Å²) >= 11 is 0. The number of benzene rings is 3. The van der Waals surface area contributed by atoms with Crippen LogP contribution < -0.4 is 0 Å². The maximum atomic E-state index is 5.17. The normalized spacial score (nSPS) is 15.9. The highest BCUT2D eigenvalue weighted by atomic mass is 15.3. The van der Waals surface area contributed by atoms with Crippen LogP contribution in [0.15, 0.2) is 84.9 Å². The van der Waals surface area contributed by atoms with Gasteiger partial charge in [-0.3, -0.25) is 9.80 Å². The predicted molar refractivity (Wildman–Crippen MR) is 149 cm³/mol. The number of nitrogens with zero attached hydrogens (tertiary/aromatic N) is 3. The number of aromatic nitrogens is 2. The average Bonchev–Trinajstić information content (AvgIpc) is 3.36. The van der Waals surface area contributed by atoms with Crippen LogP contribution in [0.1, 0.15) is 60.4 Å². The summed E-state index contributed by atoms with van der Waals surface area (Å²) in [5, 5.41) is 0. The van der Waals surface area contributed by atoms with Gasteiger partial charge < -0.3 is 4.98 Å². The zero-order valence-electron chi connectivity index (χ0n) is 21.8. The molecule has 0 amide bonds. The molecule has 1 fully saturated rings. The summed E-state index contributed by atoms with van der Waals surface area (Å²) < 4.78 is 0. The summed E-state index contributed by atoms with van der Waals surface area (Å²) in [5.41, 5.74) is 7.67. The van der Waals surface area contributed by atoms with Crippen molar-refractivity contribution in [2.45, 2.75) is 45.7 Å². The lowest BCUT2D eigenvalue weighted by atomic mass is 9.96. The van der Waals surface area contributed by atoms with Gasteiger partial charge in [0.15, 0.2) is 0 Å². The number of H-pyrrole nitrogens is 1. The lowest BCUT2D eigenvalue weighted by Gasteiger charge is -2.42. The number of hydrogen-bond acceptors (Lipinski definition) is 3. The Balaban J connectivity index is 1.36. The largest absolute Gasteiger partial charge is 0.342 e. The Labute approximate surface area is 216 Å². The van der Waals surface area contributed by atoms with E-state index in [9.17, 15) is 0 Å². The van der Waals surface area contributed by atoms with Crippen LogP contribution in [0.25, 0.3) is 11.4 Å². The van der Waals surface area contributed by atoms with E-state index in [0.29, 0.717) is 12.1 Å². The molecular weight excluding hydrogens is 440 g/mol. The van der Waals surface area contributed by atoms with E-state index in [1.807, 2.05) is 0 Å². The number of nitrogens with one attached hydrogen (secondary N) is 1. The minimum Gasteiger partial charge on any atom is -0.342 e. The molecule has 0 radical (unpaired) electrons. The summed E-state index contributed by atoms with van der Waals surface area (Å²) in [6.07, 6.45) is 2.03. The van der Waals surface area contributed by atoms with E-state index in [2.05, 4.69) is 120 Å². The first-order chi connectivity index (χ1) is 17.7. The van der Waals surface area contributed by atoms with Gasteiger partial charge in [0.1, 0.15) is 5.82 Å². The van der Waals surface area contributed by atoms with E-state index >= 15 is 0 Å². The molecule has 0 aliphatic carbocycles. The molecular formula is C32H38N4. The molecule has 4 nitrogen and oxygen atoms in total. The van der Waals surface area contributed by atoms with Crippen molar-refractivity contribution in [2.75, 3.05) is 26.2 Å². The fourth-order valence-corrected chi connectivity index (χ4v) is 5.63. The van der Waals surface area contributed by atoms with Crippen LogP contribution in [0, 0.1) is 6.92 Å². The van der Waals surface area contributed by atoms with E-state index in [4.69, 9.17) is 4.98 Å². The number of rotatable bonds is 8. The van der Waals surface area contributed by atoms with E-state index in [1.54, 1.807) is 0 Å². The van der Waals surface area contributed by atoms with Crippen LogP contribution in [-0.4, -0.2) is 45.9 Å². The van der Waals surface area contributed by atoms with Gasteiger partial charge in [0.05, 0.1) is 17.8 Å². The summed E-state index contributed by atoms with van der Waals surface area (Å²) in [6.45, 7) is 10.8. The average molecular weight is 479 g/mol. The molecule has 5 rings (SSSR count). The van der Waals surface area contributed by atoms with Crippen molar-refractivity contribution in [3.05, 3.63) is 113 Å². The summed E-state index contributed by atoms with van der Waals surface area (Å²) in [4.78, 5) is 14.1. The molecule has 1 N–H and O–H groups in total. The van der Waals surface area contributed by atoms with Crippen LogP contribution in [0.4, 0.5) is 0 Å². The quantitative estimate of drug-likeness (QED) is 0.302. The second-order valence-electron chi connectivity index (χ2n) is 9.89. The van der Waals surface area contributed by atoms with Gasteiger partial charge in [-0.25, -0.2) is 4.98 Å². The zero-order valence-corrected chi connectivity index (χ0v) is 21.8. The first kappa shape index (κ1) is 24.5. The Hall–Kier alpha value is -3.21. The van der Waals surface area contributed by atoms with Crippen LogP contribution in [0.3, 0.4) is 0 Å². The summed E-state index contributed by atoms with van der Waals surface area (Å²) in [6, 6.07) is 31.2. The molecule has 0 spiro atoms. The third kappa shape index (κ3) is 5.16. The molecule has 0 bridgehead atoms. The molecule has 36 heavy (non-hydrogen) atoms. The van der Waals surface area contributed by atoms with E-state index in [-0.39, 0.29) is 0 Å². The van der Waals surface area contributed by atoms with E-state index in [1.165, 1.54) is 28.1 Å². The summed E-state index contributed by atoms with van der Waals surface area (Å²) in [5.74, 6) is 0.993. The summed E-state index contributed by atoms with van der Waals surface area (Å²) in [7, 11) is 0. The van der Waals surface area contributed by atoms with Gasteiger partial charge in [0.2, 0.25) is 0 Å². The number of piperazine rings is 1. The Morgan fingerprint density at radius 3 is 1.83 bits per heavy atom. The molecule has 0 saturated carbocycles. The maximum Gasteiger partial charge on any atom is 0.137 e. The third-order valence-electron chi connectivity index (χ3n) is 7.58. The standard InChI is InChI=1S/C32H38N4/c1-4-28-30(34-32(33-28)27-18-16-24(3)17-19-27)29(5-2)35-20-22-36(23-21-35)31(25-12-8-6-9-13-25)26-14-10-7-11-15-26/h6-19,29,31H,4-5,20-23H2,1-3H3,(H,33,34). The Bertz CT molecular complexity index is 1180. The van der Waals surface area contributed by atoms with Crippen molar-refractivity contribution in [3.63, 3.8) is 0 Å². The number of imidazole rings is 1. The molecule has 1 unspecified atom stereocenters. The fraction of sp³-hybridized carbons (Fsp3) is 0.344. The third-order valence-corrected chi connectivity index (χ3v) is 7.58. The van der Waals surface area contributed by atoms with Gasteiger partial charge in [0, 0.05) is 37.4 Å². The molecule has 1 aromatic heterocycles. The second-order valence-corrected chi connectivity index (χ2v) is 9.89. The van der Waals surface area contributed by atoms with Crippen molar-refractivity contribution in [2.24, 2.45) is 0 Å². The predicted octanol–water partition coefficient (Wildman–Crippen LogP) is 6.81. The first-order valence-corrected chi connectivity index (χ1v) is 13.4. The topological polar surface area (TPSA) is 35.2 Å². The maximum absolute atomic E-state index is 5.17. The lowest BCUT2D eigenvalue weighted by Crippen LogP contribution is -2.49. The van der Waals surface area contributed by atoms with Gasteiger partial charge in [-0.1, -0.05) is 104 Å². The smallest absolute Gasteiger partial charge is 0.137 e. The Kier molecular flexibility index (Phi) is 7.64. The van der Waals surface area contributed by atoms with Crippen molar-refractivity contribution in [3.8, 4) is 11.4 Å². The SMILES string of the molecule is CCc1[nH]c(-c2ccc(C)cc2)nc1C(CC)N1CCN(C(c2ccccc2)c2ccccc2)CC1. The molecule has 4 heteroatoms. The van der Waals surface area contributed by atoms with Gasteiger partial charge in [-0.15, -0.1) is 0 Å². The Morgan fingerprint density at radius 2 is 1.31 bits per heavy atom. The van der Waals surface area contributed by atoms with Gasteiger partial charge in [-0.2, -0.15) is 0 Å². The highest BCUT2D eigenvalue weighted by Crippen LogP contribution is 2.33. The molecule has 4 aromatic rings. The van der Waals surface area contributed by atoms with Crippen molar-refractivity contribution >= 4 is 0 Å². The Morgan fingerprint density at radius 1 is 0.750 bits per heavy atom. The molecule has 186 valence electrons. The molecule has 1 saturated heterocycles. The lowest BCUT2D eigenvalue weighted by molar-refractivity contribution is 0.0752. The minimum atomic E-state index is 0.291. The molecule has 3 aromatic carbocycles. The van der Waals surface area contributed by atoms with Gasteiger partial charge in [-0.05, 0) is 30.9 Å². The van der Waals surface area contributed by atoms with Crippen molar-refractivity contribution in [1.82, 2.24) is 19.8 Å². The minimum absolute atomic E-state index is 0.291. The van der Waals surface area contributed by atoms with E-state index < -0.39 is 0 Å². The second kappa shape index (κ2) is 11.2. The molecule has 1 aliphatic heterocycles. The number of aryl methyl sites for hydroxylation is 2. The fourth-order valence-electron chi connectivity index (χ4n) is 5.63. The monoisotopic (exact) mass is 478 g/mol. The molecule has 1 aliphatic rings. The van der Waals surface area contributed by atoms with Crippen LogP contribution in [-0.2, 0) is 6.42 Å². The van der Waals surface area contributed by atoms with Crippen LogP contribution >= 0.6 is 0 Å². The first-order valence-electron chi connectivity index (χ1n) is 13.4. The molecule has 1 atom stereocenters. The highest BCUT2D eigenvalue weighted by Gasteiger charge is 2.31. The van der Waals surface area contributed by atoms with Crippen LogP contribution in [0.2, 0.25) is 0 Å². The van der Waals surface area contributed by atoms with Crippen LogP contribution in [0.5, 0.6) is 0 Å². The van der Waals surface area contributed by atoms with Gasteiger partial charge in [0.25, 0.3) is 0 Å².